The number of rotatable bonds is 4. The summed E-state index contributed by atoms with van der Waals surface area (Å²) in [7, 11) is 0. The first-order chi connectivity index (χ1) is 8.15. The maximum absolute atomic E-state index is 5.38. The summed E-state index contributed by atoms with van der Waals surface area (Å²) in [6, 6.07) is 6.35. The highest BCUT2D eigenvalue weighted by Gasteiger charge is 2.01. The van der Waals surface area contributed by atoms with E-state index in [-0.39, 0.29) is 0 Å². The Kier molecular flexibility index (Phi) is 3.97. The molecule has 3 nitrogen and oxygen atoms in total. The number of nitrogens with zero attached hydrogens (tertiary/aromatic N) is 1. The summed E-state index contributed by atoms with van der Waals surface area (Å²) in [5, 5.41) is 3.30. The topological polar surface area (TPSA) is 38.1 Å². The van der Waals surface area contributed by atoms with E-state index >= 15 is 0 Å². The third-order valence-corrected chi connectivity index (χ3v) is 3.37. The summed E-state index contributed by atoms with van der Waals surface area (Å²) in [5.41, 5.74) is 2.49. The molecule has 4 heteroatoms. The molecule has 17 heavy (non-hydrogen) atoms. The molecule has 2 aromatic rings. The van der Waals surface area contributed by atoms with Crippen molar-refractivity contribution in [3.05, 3.63) is 51.6 Å². The minimum atomic E-state index is 0.652. The number of nitrogens with one attached hydrogen (secondary N) is 1. The summed E-state index contributed by atoms with van der Waals surface area (Å²) in [6.45, 7) is 5.43. The van der Waals surface area contributed by atoms with Crippen LogP contribution in [0.15, 0.2) is 33.3 Å². The van der Waals surface area contributed by atoms with Crippen LogP contribution in [-0.2, 0) is 13.1 Å². The van der Waals surface area contributed by atoms with E-state index in [2.05, 4.69) is 51.4 Å². The van der Waals surface area contributed by atoms with E-state index in [1.807, 2.05) is 6.92 Å². The normalized spacial score (nSPS) is 10.8. The van der Waals surface area contributed by atoms with Crippen molar-refractivity contribution in [2.24, 2.45) is 0 Å². The number of hydrogen-bond donors (Lipinski definition) is 1. The lowest BCUT2D eigenvalue weighted by Gasteiger charge is -2.05. The number of hydrogen-bond acceptors (Lipinski definition) is 3. The lowest BCUT2D eigenvalue weighted by atomic mass is 10.1. The third kappa shape index (κ3) is 3.41. The Balaban J connectivity index is 1.87. The zero-order valence-electron chi connectivity index (χ0n) is 9.96. The summed E-state index contributed by atoms with van der Waals surface area (Å²) < 4.78 is 6.52. The molecule has 0 radical (unpaired) electrons. The van der Waals surface area contributed by atoms with Gasteiger partial charge in [-0.05, 0) is 31.0 Å². The number of benzene rings is 1. The highest BCUT2D eigenvalue weighted by atomic mass is 79.9. The minimum Gasteiger partial charge on any atom is -0.445 e. The second kappa shape index (κ2) is 5.47. The standard InChI is InChI=1S/C13H15BrN2O/c1-9-3-4-11(5-12(9)14)7-15-8-13-16-6-10(2)17-13/h3-6,15H,7-8H2,1-2H3. The van der Waals surface area contributed by atoms with Crippen molar-refractivity contribution in [2.75, 3.05) is 0 Å². The molecular formula is C13H15BrN2O. The third-order valence-electron chi connectivity index (χ3n) is 2.51. The summed E-state index contributed by atoms with van der Waals surface area (Å²) in [5.74, 6) is 1.58. The van der Waals surface area contributed by atoms with Gasteiger partial charge in [-0.15, -0.1) is 0 Å². The zero-order valence-corrected chi connectivity index (χ0v) is 11.5. The molecule has 90 valence electrons. The first-order valence-electron chi connectivity index (χ1n) is 5.52. The summed E-state index contributed by atoms with van der Waals surface area (Å²) >= 11 is 3.53. The lowest BCUT2D eigenvalue weighted by molar-refractivity contribution is 0.449. The molecule has 0 saturated carbocycles. The number of aryl methyl sites for hydroxylation is 2. The van der Waals surface area contributed by atoms with Gasteiger partial charge in [-0.3, -0.25) is 0 Å². The van der Waals surface area contributed by atoms with Gasteiger partial charge in [0.15, 0.2) is 0 Å². The number of oxazole rings is 1. The van der Waals surface area contributed by atoms with E-state index in [1.54, 1.807) is 6.20 Å². The van der Waals surface area contributed by atoms with Crippen molar-refractivity contribution < 1.29 is 4.42 Å². The van der Waals surface area contributed by atoms with E-state index in [0.29, 0.717) is 6.54 Å². The summed E-state index contributed by atoms with van der Waals surface area (Å²) in [6.07, 6.45) is 1.74. The minimum absolute atomic E-state index is 0.652. The van der Waals surface area contributed by atoms with Gasteiger partial charge in [0, 0.05) is 11.0 Å². The lowest BCUT2D eigenvalue weighted by Crippen LogP contribution is -2.12. The second-order valence-electron chi connectivity index (χ2n) is 4.05. The largest absolute Gasteiger partial charge is 0.445 e. The Morgan fingerprint density at radius 2 is 2.12 bits per heavy atom. The van der Waals surface area contributed by atoms with Crippen LogP contribution >= 0.6 is 15.9 Å². The quantitative estimate of drug-likeness (QED) is 0.940. The maximum atomic E-state index is 5.38. The Bertz CT molecular complexity index is 508. The molecule has 1 heterocycles. The molecule has 0 aliphatic heterocycles. The van der Waals surface area contributed by atoms with Crippen LogP contribution in [0.4, 0.5) is 0 Å². The Labute approximate surface area is 109 Å². The van der Waals surface area contributed by atoms with Crippen molar-refractivity contribution in [2.45, 2.75) is 26.9 Å². The van der Waals surface area contributed by atoms with Crippen LogP contribution in [0.1, 0.15) is 22.8 Å². The Morgan fingerprint density at radius 1 is 1.29 bits per heavy atom. The first-order valence-corrected chi connectivity index (χ1v) is 6.31. The first kappa shape index (κ1) is 12.3. The van der Waals surface area contributed by atoms with E-state index in [9.17, 15) is 0 Å². The van der Waals surface area contributed by atoms with Gasteiger partial charge >= 0.3 is 0 Å². The molecule has 2 rings (SSSR count). The van der Waals surface area contributed by atoms with Crippen LogP contribution in [0.25, 0.3) is 0 Å². The number of halogens is 1. The highest BCUT2D eigenvalue weighted by Crippen LogP contribution is 2.17. The van der Waals surface area contributed by atoms with E-state index < -0.39 is 0 Å². The molecule has 0 amide bonds. The van der Waals surface area contributed by atoms with E-state index in [4.69, 9.17) is 4.42 Å². The molecule has 0 aliphatic rings. The average Bonchev–Trinajstić information content (AvgIpc) is 2.70. The van der Waals surface area contributed by atoms with Gasteiger partial charge in [0.2, 0.25) is 5.89 Å². The molecule has 1 N–H and O–H groups in total. The Morgan fingerprint density at radius 3 is 2.76 bits per heavy atom. The highest BCUT2D eigenvalue weighted by molar-refractivity contribution is 9.10. The van der Waals surface area contributed by atoms with E-state index in [0.717, 1.165) is 22.7 Å². The van der Waals surface area contributed by atoms with Crippen molar-refractivity contribution in [3.63, 3.8) is 0 Å². The molecular weight excluding hydrogens is 280 g/mol. The van der Waals surface area contributed by atoms with Crippen molar-refractivity contribution in [3.8, 4) is 0 Å². The molecule has 0 saturated heterocycles. The van der Waals surface area contributed by atoms with Gasteiger partial charge in [-0.1, -0.05) is 28.1 Å². The smallest absolute Gasteiger partial charge is 0.208 e. The average molecular weight is 295 g/mol. The van der Waals surface area contributed by atoms with Crippen LogP contribution in [0.2, 0.25) is 0 Å². The van der Waals surface area contributed by atoms with Crippen LogP contribution < -0.4 is 5.32 Å². The van der Waals surface area contributed by atoms with Crippen molar-refractivity contribution in [1.82, 2.24) is 10.3 Å². The zero-order chi connectivity index (χ0) is 12.3. The SMILES string of the molecule is Cc1cnc(CNCc2ccc(C)c(Br)c2)o1. The molecule has 0 unspecified atom stereocenters. The van der Waals surface area contributed by atoms with Gasteiger partial charge in [0.25, 0.3) is 0 Å². The molecule has 0 spiro atoms. The molecule has 0 bridgehead atoms. The van der Waals surface area contributed by atoms with Gasteiger partial charge in [-0.25, -0.2) is 4.98 Å². The fourth-order valence-corrected chi connectivity index (χ4v) is 1.97. The van der Waals surface area contributed by atoms with Gasteiger partial charge < -0.3 is 9.73 Å². The van der Waals surface area contributed by atoms with Crippen molar-refractivity contribution >= 4 is 15.9 Å². The Hall–Kier alpha value is -1.13. The van der Waals surface area contributed by atoms with Gasteiger partial charge in [0.05, 0.1) is 12.7 Å². The predicted octanol–water partition coefficient (Wildman–Crippen LogP) is 3.34. The van der Waals surface area contributed by atoms with Crippen LogP contribution in [-0.4, -0.2) is 4.98 Å². The fourth-order valence-electron chi connectivity index (χ4n) is 1.54. The summed E-state index contributed by atoms with van der Waals surface area (Å²) in [4.78, 5) is 4.14. The monoisotopic (exact) mass is 294 g/mol. The fraction of sp³-hybridized carbons (Fsp3) is 0.308. The molecule has 1 aromatic carbocycles. The van der Waals surface area contributed by atoms with E-state index in [1.165, 1.54) is 11.1 Å². The maximum Gasteiger partial charge on any atom is 0.208 e. The predicted molar refractivity (Wildman–Crippen MR) is 70.7 cm³/mol. The van der Waals surface area contributed by atoms with Gasteiger partial charge in [0.1, 0.15) is 5.76 Å². The number of aromatic nitrogens is 1. The van der Waals surface area contributed by atoms with Crippen LogP contribution in [0.5, 0.6) is 0 Å². The molecule has 0 aliphatic carbocycles. The molecule has 0 fully saturated rings. The van der Waals surface area contributed by atoms with Crippen LogP contribution in [0.3, 0.4) is 0 Å². The van der Waals surface area contributed by atoms with Crippen molar-refractivity contribution in [1.29, 1.82) is 0 Å². The van der Waals surface area contributed by atoms with Gasteiger partial charge in [-0.2, -0.15) is 0 Å². The second-order valence-corrected chi connectivity index (χ2v) is 4.91. The molecule has 1 aromatic heterocycles. The molecule has 0 atom stereocenters. The van der Waals surface area contributed by atoms with Crippen LogP contribution in [0, 0.1) is 13.8 Å².